The predicted octanol–water partition coefficient (Wildman–Crippen LogP) is 2.36. The van der Waals surface area contributed by atoms with E-state index in [1.54, 1.807) is 0 Å². The Morgan fingerprint density at radius 3 is 2.57 bits per heavy atom. The Hall–Kier alpha value is -0.790. The molecule has 0 N–H and O–H groups in total. The topological polar surface area (TPSA) is 20.3 Å². The monoisotopic (exact) mass is 193 g/mol. The van der Waals surface area contributed by atoms with Crippen LogP contribution in [0.5, 0.6) is 0 Å². The fraction of sp³-hybridized carbons (Fsp3) is 0.750. The second-order valence-corrected chi connectivity index (χ2v) is 4.38. The Balaban J connectivity index is 1.89. The van der Waals surface area contributed by atoms with E-state index in [0.717, 1.165) is 32.4 Å². The molecule has 2 heteroatoms. The Bertz CT molecular complexity index is 228. The lowest BCUT2D eigenvalue weighted by molar-refractivity contribution is -0.136. The molecule has 0 unspecified atom stereocenters. The summed E-state index contributed by atoms with van der Waals surface area (Å²) in [5.41, 5.74) is 0. The fourth-order valence-corrected chi connectivity index (χ4v) is 2.45. The molecule has 1 saturated carbocycles. The molecular weight excluding hydrogens is 174 g/mol. The highest BCUT2D eigenvalue weighted by Gasteiger charge is 2.25. The summed E-state index contributed by atoms with van der Waals surface area (Å²) in [4.78, 5) is 14.1. The van der Waals surface area contributed by atoms with E-state index in [1.807, 2.05) is 4.90 Å². The first-order valence-electron chi connectivity index (χ1n) is 5.82. The molecular formula is C12H19NO. The van der Waals surface area contributed by atoms with E-state index in [4.69, 9.17) is 0 Å². The van der Waals surface area contributed by atoms with Crippen LogP contribution in [0.1, 0.15) is 38.5 Å². The van der Waals surface area contributed by atoms with Gasteiger partial charge in [-0.1, -0.05) is 31.4 Å². The van der Waals surface area contributed by atoms with Crippen LogP contribution in [0.4, 0.5) is 0 Å². The van der Waals surface area contributed by atoms with Gasteiger partial charge in [0.2, 0.25) is 5.91 Å². The third-order valence-corrected chi connectivity index (χ3v) is 3.32. The molecule has 1 aliphatic heterocycles. The quantitative estimate of drug-likeness (QED) is 0.585. The van der Waals surface area contributed by atoms with Crippen LogP contribution in [0.15, 0.2) is 12.2 Å². The van der Waals surface area contributed by atoms with Gasteiger partial charge in [-0.2, -0.15) is 0 Å². The van der Waals surface area contributed by atoms with Gasteiger partial charge < -0.3 is 4.90 Å². The smallest absolute Gasteiger partial charge is 0.225 e. The van der Waals surface area contributed by atoms with Crippen LogP contribution < -0.4 is 0 Å². The first-order valence-corrected chi connectivity index (χ1v) is 5.82. The van der Waals surface area contributed by atoms with Crippen LogP contribution in [-0.4, -0.2) is 23.9 Å². The molecule has 2 rings (SSSR count). The van der Waals surface area contributed by atoms with Crippen LogP contribution >= 0.6 is 0 Å². The lowest BCUT2D eigenvalue weighted by Crippen LogP contribution is -2.38. The summed E-state index contributed by atoms with van der Waals surface area (Å²) in [6.07, 6.45) is 11.4. The van der Waals surface area contributed by atoms with Gasteiger partial charge in [-0.05, 0) is 19.3 Å². The van der Waals surface area contributed by atoms with E-state index in [2.05, 4.69) is 12.2 Å². The zero-order valence-electron chi connectivity index (χ0n) is 8.74. The van der Waals surface area contributed by atoms with Gasteiger partial charge >= 0.3 is 0 Å². The van der Waals surface area contributed by atoms with Crippen molar-refractivity contribution >= 4 is 5.91 Å². The molecule has 1 heterocycles. The van der Waals surface area contributed by atoms with E-state index in [9.17, 15) is 4.79 Å². The Labute approximate surface area is 86.0 Å². The van der Waals surface area contributed by atoms with E-state index in [0.29, 0.717) is 11.8 Å². The number of hydrogen-bond acceptors (Lipinski definition) is 1. The maximum Gasteiger partial charge on any atom is 0.225 e. The molecule has 0 saturated heterocycles. The maximum atomic E-state index is 12.0. The number of hydrogen-bond donors (Lipinski definition) is 0. The van der Waals surface area contributed by atoms with Crippen molar-refractivity contribution in [3.63, 3.8) is 0 Å². The highest BCUT2D eigenvalue weighted by molar-refractivity contribution is 5.79. The van der Waals surface area contributed by atoms with Crippen LogP contribution in [0.3, 0.4) is 0 Å². The van der Waals surface area contributed by atoms with Crippen molar-refractivity contribution < 1.29 is 4.79 Å². The SMILES string of the molecule is O=C(C1CCCCC1)N1CC=CCC1. The molecule has 0 bridgehead atoms. The first kappa shape index (κ1) is 9.75. The molecule has 0 aromatic heterocycles. The van der Waals surface area contributed by atoms with Crippen LogP contribution in [-0.2, 0) is 4.79 Å². The van der Waals surface area contributed by atoms with E-state index < -0.39 is 0 Å². The zero-order chi connectivity index (χ0) is 9.80. The first-order chi connectivity index (χ1) is 6.88. The lowest BCUT2D eigenvalue weighted by Gasteiger charge is -2.29. The zero-order valence-corrected chi connectivity index (χ0v) is 8.74. The Kier molecular flexibility index (Phi) is 3.22. The highest BCUT2D eigenvalue weighted by Crippen LogP contribution is 2.25. The summed E-state index contributed by atoms with van der Waals surface area (Å²) < 4.78 is 0. The molecule has 1 fully saturated rings. The number of carbonyl (C=O) groups excluding carboxylic acids is 1. The molecule has 1 aliphatic carbocycles. The molecule has 0 atom stereocenters. The largest absolute Gasteiger partial charge is 0.338 e. The lowest BCUT2D eigenvalue weighted by atomic mass is 9.88. The normalized spacial score (nSPS) is 23.9. The van der Waals surface area contributed by atoms with E-state index in [-0.39, 0.29) is 0 Å². The molecule has 1 amide bonds. The molecule has 0 aromatic carbocycles. The summed E-state index contributed by atoms with van der Waals surface area (Å²) >= 11 is 0. The van der Waals surface area contributed by atoms with Crippen molar-refractivity contribution in [2.75, 3.05) is 13.1 Å². The second kappa shape index (κ2) is 4.63. The highest BCUT2D eigenvalue weighted by atomic mass is 16.2. The summed E-state index contributed by atoms with van der Waals surface area (Å²) in [6.45, 7) is 1.78. The summed E-state index contributed by atoms with van der Waals surface area (Å²) in [6, 6.07) is 0. The molecule has 0 aromatic rings. The molecule has 0 radical (unpaired) electrons. The Morgan fingerprint density at radius 1 is 1.14 bits per heavy atom. The van der Waals surface area contributed by atoms with Gasteiger partial charge in [0.1, 0.15) is 0 Å². The van der Waals surface area contributed by atoms with Crippen molar-refractivity contribution in [3.05, 3.63) is 12.2 Å². The molecule has 2 nitrogen and oxygen atoms in total. The van der Waals surface area contributed by atoms with Gasteiger partial charge in [0.15, 0.2) is 0 Å². The number of rotatable bonds is 1. The van der Waals surface area contributed by atoms with Crippen molar-refractivity contribution in [1.82, 2.24) is 4.90 Å². The van der Waals surface area contributed by atoms with Gasteiger partial charge in [0.25, 0.3) is 0 Å². The summed E-state index contributed by atoms with van der Waals surface area (Å²) in [7, 11) is 0. The molecule has 78 valence electrons. The second-order valence-electron chi connectivity index (χ2n) is 4.38. The predicted molar refractivity (Wildman–Crippen MR) is 56.9 cm³/mol. The molecule has 14 heavy (non-hydrogen) atoms. The fourth-order valence-electron chi connectivity index (χ4n) is 2.45. The average molecular weight is 193 g/mol. The third-order valence-electron chi connectivity index (χ3n) is 3.32. The van der Waals surface area contributed by atoms with Crippen molar-refractivity contribution in [2.24, 2.45) is 5.92 Å². The minimum atomic E-state index is 0.343. The summed E-state index contributed by atoms with van der Waals surface area (Å²) in [5.74, 6) is 0.754. The van der Waals surface area contributed by atoms with Crippen molar-refractivity contribution in [3.8, 4) is 0 Å². The van der Waals surface area contributed by atoms with E-state index >= 15 is 0 Å². The standard InChI is InChI=1S/C12H19NO/c14-12(11-7-3-1-4-8-11)13-9-5-2-6-10-13/h2,5,11H,1,3-4,6-10H2. The van der Waals surface area contributed by atoms with Gasteiger partial charge in [0, 0.05) is 19.0 Å². The number of nitrogens with zero attached hydrogens (tertiary/aromatic N) is 1. The van der Waals surface area contributed by atoms with Crippen molar-refractivity contribution in [2.45, 2.75) is 38.5 Å². The number of carbonyl (C=O) groups is 1. The summed E-state index contributed by atoms with van der Waals surface area (Å²) in [5, 5.41) is 0. The Morgan fingerprint density at radius 2 is 1.93 bits per heavy atom. The minimum absolute atomic E-state index is 0.343. The minimum Gasteiger partial charge on any atom is -0.338 e. The average Bonchev–Trinajstić information content (AvgIpc) is 2.30. The van der Waals surface area contributed by atoms with Crippen LogP contribution in [0.2, 0.25) is 0 Å². The third kappa shape index (κ3) is 2.17. The van der Waals surface area contributed by atoms with Gasteiger partial charge in [-0.3, -0.25) is 4.79 Å². The van der Waals surface area contributed by atoms with Gasteiger partial charge in [-0.25, -0.2) is 0 Å². The van der Waals surface area contributed by atoms with Gasteiger partial charge in [-0.15, -0.1) is 0 Å². The molecule has 0 spiro atoms. The van der Waals surface area contributed by atoms with Gasteiger partial charge in [0.05, 0.1) is 0 Å². The van der Waals surface area contributed by atoms with Crippen LogP contribution in [0.25, 0.3) is 0 Å². The van der Waals surface area contributed by atoms with E-state index in [1.165, 1.54) is 19.3 Å². The number of amides is 1. The maximum absolute atomic E-state index is 12.0. The molecule has 2 aliphatic rings. The van der Waals surface area contributed by atoms with Crippen LogP contribution in [0, 0.1) is 5.92 Å². The van der Waals surface area contributed by atoms with Crippen molar-refractivity contribution in [1.29, 1.82) is 0 Å².